The van der Waals surface area contributed by atoms with Crippen LogP contribution in [0.4, 0.5) is 0 Å². The molecule has 0 N–H and O–H groups in total. The lowest BCUT2D eigenvalue weighted by atomic mass is 9.96. The third-order valence-corrected chi connectivity index (χ3v) is 9.84. The van der Waals surface area contributed by atoms with E-state index in [-0.39, 0.29) is 0 Å². The van der Waals surface area contributed by atoms with Gasteiger partial charge in [-0.05, 0) is 52.2 Å². The standard InChI is InChI=1S/C48H30N4/c1-4-11-31(12-5-1)41-26-22-34-19-20-35-23-27-42(50-48(35)47(34)49-41)40-18-10-17-38-29-36(21-25-39(38)40)37-24-28-43-44(30-37)52-46(33-15-8-3-9-16-33)45(51-43)32-13-6-2-7-14-32/h1-30H. The molecule has 4 nitrogen and oxygen atoms in total. The van der Waals surface area contributed by atoms with Gasteiger partial charge in [-0.15, -0.1) is 0 Å². The van der Waals surface area contributed by atoms with Crippen molar-refractivity contribution in [1.82, 2.24) is 19.9 Å². The first-order chi connectivity index (χ1) is 25.7. The average Bonchev–Trinajstić information content (AvgIpc) is 3.23. The largest absolute Gasteiger partial charge is 0.245 e. The predicted molar refractivity (Wildman–Crippen MR) is 215 cm³/mol. The molecule has 0 spiro atoms. The second-order valence-corrected chi connectivity index (χ2v) is 13.1. The molecule has 0 unspecified atom stereocenters. The maximum Gasteiger partial charge on any atom is 0.0973 e. The topological polar surface area (TPSA) is 51.6 Å². The zero-order valence-electron chi connectivity index (χ0n) is 28.1. The predicted octanol–water partition coefficient (Wildman–Crippen LogP) is 12.2. The van der Waals surface area contributed by atoms with E-state index in [0.29, 0.717) is 0 Å². The van der Waals surface area contributed by atoms with Crippen LogP contribution in [0.25, 0.3) is 99.8 Å². The van der Waals surface area contributed by atoms with Gasteiger partial charge in [0, 0.05) is 33.0 Å². The number of benzene rings is 7. The molecule has 0 aliphatic heterocycles. The number of aromatic nitrogens is 4. The fraction of sp³-hybridized carbons (Fsp3) is 0. The van der Waals surface area contributed by atoms with Gasteiger partial charge < -0.3 is 0 Å². The van der Waals surface area contributed by atoms with Crippen molar-refractivity contribution >= 4 is 43.6 Å². The summed E-state index contributed by atoms with van der Waals surface area (Å²) in [5, 5.41) is 4.44. The summed E-state index contributed by atoms with van der Waals surface area (Å²) >= 11 is 0. The highest BCUT2D eigenvalue weighted by Crippen LogP contribution is 2.36. The summed E-state index contributed by atoms with van der Waals surface area (Å²) in [4.78, 5) is 20.7. The highest BCUT2D eigenvalue weighted by molar-refractivity contribution is 6.05. The highest BCUT2D eigenvalue weighted by Gasteiger charge is 2.15. The van der Waals surface area contributed by atoms with Crippen LogP contribution in [0.3, 0.4) is 0 Å². The number of hydrogen-bond donors (Lipinski definition) is 0. The second kappa shape index (κ2) is 12.4. The molecule has 0 saturated carbocycles. The quantitative estimate of drug-likeness (QED) is 0.172. The van der Waals surface area contributed by atoms with Crippen molar-refractivity contribution in [3.05, 3.63) is 182 Å². The van der Waals surface area contributed by atoms with Crippen molar-refractivity contribution in [2.45, 2.75) is 0 Å². The highest BCUT2D eigenvalue weighted by atomic mass is 14.8. The summed E-state index contributed by atoms with van der Waals surface area (Å²) in [6.45, 7) is 0. The molecular formula is C48H30N4. The summed E-state index contributed by atoms with van der Waals surface area (Å²) < 4.78 is 0. The number of hydrogen-bond acceptors (Lipinski definition) is 4. The molecule has 0 atom stereocenters. The molecule has 0 aliphatic rings. The zero-order chi connectivity index (χ0) is 34.4. The van der Waals surface area contributed by atoms with Gasteiger partial charge in [-0.25, -0.2) is 19.9 Å². The van der Waals surface area contributed by atoms with Crippen LogP contribution in [-0.4, -0.2) is 19.9 Å². The summed E-state index contributed by atoms with van der Waals surface area (Å²) in [6, 6.07) is 63.2. The van der Waals surface area contributed by atoms with E-state index in [0.717, 1.165) is 99.8 Å². The van der Waals surface area contributed by atoms with Gasteiger partial charge in [0.05, 0.1) is 44.8 Å². The minimum Gasteiger partial charge on any atom is -0.245 e. The van der Waals surface area contributed by atoms with Gasteiger partial charge in [0.25, 0.3) is 0 Å². The Kier molecular flexibility index (Phi) is 7.10. The van der Waals surface area contributed by atoms with Crippen molar-refractivity contribution in [2.75, 3.05) is 0 Å². The Morgan fingerprint density at radius 3 is 1.50 bits per heavy atom. The number of nitrogens with zero attached hydrogens (tertiary/aromatic N) is 4. The van der Waals surface area contributed by atoms with Crippen molar-refractivity contribution < 1.29 is 0 Å². The maximum atomic E-state index is 5.26. The molecule has 0 radical (unpaired) electrons. The molecule has 3 aromatic heterocycles. The monoisotopic (exact) mass is 662 g/mol. The minimum absolute atomic E-state index is 0.863. The van der Waals surface area contributed by atoms with Crippen molar-refractivity contribution in [3.8, 4) is 56.2 Å². The normalized spacial score (nSPS) is 11.5. The molecule has 242 valence electrons. The lowest BCUT2D eigenvalue weighted by Gasteiger charge is -2.12. The van der Waals surface area contributed by atoms with E-state index >= 15 is 0 Å². The van der Waals surface area contributed by atoms with Crippen molar-refractivity contribution in [1.29, 1.82) is 0 Å². The minimum atomic E-state index is 0.863. The van der Waals surface area contributed by atoms with Gasteiger partial charge in [0.1, 0.15) is 0 Å². The van der Waals surface area contributed by atoms with E-state index < -0.39 is 0 Å². The first-order valence-corrected chi connectivity index (χ1v) is 17.5. The summed E-state index contributed by atoms with van der Waals surface area (Å²) in [6.07, 6.45) is 0. The lowest BCUT2D eigenvalue weighted by Crippen LogP contribution is -1.96. The molecule has 3 heterocycles. The van der Waals surface area contributed by atoms with Crippen LogP contribution in [-0.2, 0) is 0 Å². The Morgan fingerprint density at radius 2 is 0.827 bits per heavy atom. The van der Waals surface area contributed by atoms with E-state index in [4.69, 9.17) is 19.9 Å². The van der Waals surface area contributed by atoms with E-state index in [9.17, 15) is 0 Å². The Hall–Kier alpha value is -7.04. The average molecular weight is 663 g/mol. The third kappa shape index (κ3) is 5.26. The van der Waals surface area contributed by atoms with Gasteiger partial charge in [0.2, 0.25) is 0 Å². The summed E-state index contributed by atoms with van der Waals surface area (Å²) in [7, 11) is 0. The van der Waals surface area contributed by atoms with Gasteiger partial charge >= 0.3 is 0 Å². The lowest BCUT2D eigenvalue weighted by molar-refractivity contribution is 1.29. The Labute approximate surface area is 300 Å². The summed E-state index contributed by atoms with van der Waals surface area (Å²) in [5.41, 5.74) is 13.7. The molecule has 0 bridgehead atoms. The Balaban J connectivity index is 1.06. The molecule has 7 aromatic carbocycles. The Morgan fingerprint density at radius 1 is 0.288 bits per heavy atom. The van der Waals surface area contributed by atoms with E-state index in [1.165, 1.54) is 0 Å². The Bertz CT molecular complexity index is 2940. The van der Waals surface area contributed by atoms with Gasteiger partial charge in [-0.2, -0.15) is 0 Å². The van der Waals surface area contributed by atoms with Crippen LogP contribution < -0.4 is 0 Å². The molecule has 0 aliphatic carbocycles. The SMILES string of the molecule is c1ccc(-c2ccc3ccc4ccc(-c5cccc6cc(-c7ccc8nc(-c9ccccc9)c(-c9ccccc9)nc8c7)ccc56)nc4c3n2)cc1. The van der Waals surface area contributed by atoms with E-state index in [1.54, 1.807) is 0 Å². The molecule has 10 aromatic rings. The van der Waals surface area contributed by atoms with Crippen LogP contribution >= 0.6 is 0 Å². The fourth-order valence-corrected chi connectivity index (χ4v) is 7.20. The molecular weight excluding hydrogens is 633 g/mol. The van der Waals surface area contributed by atoms with Crippen LogP contribution in [0.15, 0.2) is 182 Å². The summed E-state index contributed by atoms with van der Waals surface area (Å²) in [5.74, 6) is 0. The van der Waals surface area contributed by atoms with Crippen LogP contribution in [0.2, 0.25) is 0 Å². The van der Waals surface area contributed by atoms with Gasteiger partial charge in [-0.1, -0.05) is 152 Å². The van der Waals surface area contributed by atoms with Gasteiger partial charge in [-0.3, -0.25) is 0 Å². The maximum absolute atomic E-state index is 5.26. The van der Waals surface area contributed by atoms with Gasteiger partial charge in [0.15, 0.2) is 0 Å². The molecule has 0 saturated heterocycles. The van der Waals surface area contributed by atoms with Crippen LogP contribution in [0, 0.1) is 0 Å². The third-order valence-electron chi connectivity index (χ3n) is 9.84. The molecule has 0 amide bonds. The first kappa shape index (κ1) is 29.8. The van der Waals surface area contributed by atoms with E-state index in [2.05, 4.69) is 127 Å². The van der Waals surface area contributed by atoms with Crippen LogP contribution in [0.1, 0.15) is 0 Å². The first-order valence-electron chi connectivity index (χ1n) is 17.5. The smallest absolute Gasteiger partial charge is 0.0973 e. The molecule has 0 fully saturated rings. The molecule has 10 rings (SSSR count). The van der Waals surface area contributed by atoms with Crippen molar-refractivity contribution in [2.24, 2.45) is 0 Å². The zero-order valence-corrected chi connectivity index (χ0v) is 28.1. The van der Waals surface area contributed by atoms with Crippen molar-refractivity contribution in [3.63, 3.8) is 0 Å². The number of rotatable bonds is 5. The van der Waals surface area contributed by atoms with E-state index in [1.807, 2.05) is 54.6 Å². The number of pyridine rings is 2. The fourth-order valence-electron chi connectivity index (χ4n) is 7.20. The van der Waals surface area contributed by atoms with Crippen LogP contribution in [0.5, 0.6) is 0 Å². The molecule has 4 heteroatoms. The second-order valence-electron chi connectivity index (χ2n) is 13.1. The molecule has 52 heavy (non-hydrogen) atoms. The number of fused-ring (bicyclic) bond motifs is 5.